The zero-order valence-corrected chi connectivity index (χ0v) is 13.3. The number of hydrogen-bond donors (Lipinski definition) is 1. The number of hydrogen-bond acceptors (Lipinski definition) is 5. The normalized spacial score (nSPS) is 10.9. The molecule has 1 rings (SSSR count). The van der Waals surface area contributed by atoms with E-state index in [-0.39, 0.29) is 16.3 Å². The summed E-state index contributed by atoms with van der Waals surface area (Å²) in [4.78, 5) is 22.1. The quantitative estimate of drug-likeness (QED) is 0.258. The number of nitrogens with zero attached hydrogens (tertiary/aromatic N) is 2. The first-order valence-electron chi connectivity index (χ1n) is 6.91. The van der Waals surface area contributed by atoms with E-state index in [4.69, 9.17) is 21.6 Å². The van der Waals surface area contributed by atoms with Crippen LogP contribution in [0.1, 0.15) is 18.9 Å². The fourth-order valence-electron chi connectivity index (χ4n) is 1.69. The maximum atomic E-state index is 11.9. The van der Waals surface area contributed by atoms with Crippen molar-refractivity contribution in [2.24, 2.45) is 0 Å². The summed E-state index contributed by atoms with van der Waals surface area (Å²) in [5.41, 5.74) is -0.0741. The van der Waals surface area contributed by atoms with Gasteiger partial charge in [-0.05, 0) is 31.1 Å². The van der Waals surface area contributed by atoms with Gasteiger partial charge >= 0.3 is 0 Å². The van der Waals surface area contributed by atoms with Crippen LogP contribution in [-0.4, -0.2) is 30.6 Å². The van der Waals surface area contributed by atoms with E-state index < -0.39 is 10.8 Å². The van der Waals surface area contributed by atoms with Gasteiger partial charge in [-0.15, -0.1) is 0 Å². The smallest absolute Gasteiger partial charge is 0.288 e. The maximum absolute atomic E-state index is 11.9. The van der Waals surface area contributed by atoms with Crippen LogP contribution >= 0.6 is 11.6 Å². The molecule has 0 heterocycles. The first-order valence-corrected chi connectivity index (χ1v) is 7.29. The van der Waals surface area contributed by atoms with E-state index >= 15 is 0 Å². The Hall–Kier alpha value is -2.43. The van der Waals surface area contributed by atoms with Crippen LogP contribution < -0.4 is 5.32 Å². The van der Waals surface area contributed by atoms with Gasteiger partial charge in [0.2, 0.25) is 0 Å². The van der Waals surface area contributed by atoms with Gasteiger partial charge in [0.25, 0.3) is 11.6 Å². The molecule has 0 spiro atoms. The lowest BCUT2D eigenvalue weighted by molar-refractivity contribution is -0.384. The topological polar surface area (TPSA) is 105 Å². The number of ether oxygens (including phenoxy) is 1. The first kappa shape index (κ1) is 18.6. The van der Waals surface area contributed by atoms with Crippen molar-refractivity contribution in [2.45, 2.75) is 13.3 Å². The lowest BCUT2D eigenvalue weighted by Crippen LogP contribution is -2.26. The number of nitriles is 1. The Balaban J connectivity index is 2.79. The molecule has 1 aromatic rings. The van der Waals surface area contributed by atoms with E-state index in [1.165, 1.54) is 24.3 Å². The van der Waals surface area contributed by atoms with Crippen LogP contribution in [0.5, 0.6) is 0 Å². The van der Waals surface area contributed by atoms with Crippen molar-refractivity contribution < 1.29 is 14.5 Å². The molecule has 1 N–H and O–H groups in total. The van der Waals surface area contributed by atoms with Crippen molar-refractivity contribution in [3.05, 3.63) is 44.5 Å². The Labute approximate surface area is 138 Å². The fraction of sp³-hybridized carbons (Fsp3) is 0.333. The zero-order valence-electron chi connectivity index (χ0n) is 12.5. The number of halogens is 1. The van der Waals surface area contributed by atoms with Gasteiger partial charge in [-0.1, -0.05) is 17.7 Å². The van der Waals surface area contributed by atoms with Gasteiger partial charge in [0.1, 0.15) is 16.7 Å². The third-order valence-corrected chi connectivity index (χ3v) is 3.12. The molecule has 1 aromatic carbocycles. The molecule has 0 aliphatic rings. The molecule has 0 bridgehead atoms. The minimum Gasteiger partial charge on any atom is -0.382 e. The highest BCUT2D eigenvalue weighted by Crippen LogP contribution is 2.26. The number of rotatable bonds is 8. The number of nitrogens with one attached hydrogen (secondary N) is 1. The Morgan fingerprint density at radius 1 is 1.57 bits per heavy atom. The summed E-state index contributed by atoms with van der Waals surface area (Å²) in [6.45, 7) is 3.37. The van der Waals surface area contributed by atoms with E-state index in [2.05, 4.69) is 5.32 Å². The third-order valence-electron chi connectivity index (χ3n) is 2.80. The Bertz CT molecular complexity index is 653. The molecule has 0 saturated heterocycles. The largest absolute Gasteiger partial charge is 0.382 e. The molecule has 122 valence electrons. The molecule has 0 aliphatic heterocycles. The molecule has 0 saturated carbocycles. The van der Waals surface area contributed by atoms with Crippen LogP contribution in [-0.2, 0) is 9.53 Å². The van der Waals surface area contributed by atoms with Crippen LogP contribution in [0.3, 0.4) is 0 Å². The molecule has 0 radical (unpaired) electrons. The highest BCUT2D eigenvalue weighted by Gasteiger charge is 2.14. The minimum atomic E-state index is -0.625. The fourth-order valence-corrected chi connectivity index (χ4v) is 1.88. The molecule has 0 unspecified atom stereocenters. The molecular weight excluding hydrogens is 322 g/mol. The number of benzene rings is 1. The van der Waals surface area contributed by atoms with E-state index in [0.717, 1.165) is 0 Å². The van der Waals surface area contributed by atoms with E-state index in [1.54, 1.807) is 6.07 Å². The molecule has 0 fully saturated rings. The van der Waals surface area contributed by atoms with Gasteiger partial charge in [0.15, 0.2) is 0 Å². The summed E-state index contributed by atoms with van der Waals surface area (Å²) in [5.74, 6) is -0.540. The Kier molecular flexibility index (Phi) is 7.74. The van der Waals surface area contributed by atoms with E-state index in [1.807, 2.05) is 6.92 Å². The summed E-state index contributed by atoms with van der Waals surface area (Å²) in [5, 5.41) is 22.5. The molecule has 1 amide bonds. The lowest BCUT2D eigenvalue weighted by atomic mass is 10.1. The maximum Gasteiger partial charge on any atom is 0.288 e. The summed E-state index contributed by atoms with van der Waals surface area (Å²) in [6.07, 6.45) is 1.91. The highest BCUT2D eigenvalue weighted by molar-refractivity contribution is 6.32. The van der Waals surface area contributed by atoms with Crippen molar-refractivity contribution in [3.8, 4) is 6.07 Å². The minimum absolute atomic E-state index is 0.00830. The number of carbonyl (C=O) groups is 1. The molecule has 7 nitrogen and oxygen atoms in total. The number of amides is 1. The molecule has 0 aromatic heterocycles. The average Bonchev–Trinajstić information content (AvgIpc) is 2.53. The predicted molar refractivity (Wildman–Crippen MR) is 85.8 cm³/mol. The molecule has 8 heteroatoms. The van der Waals surface area contributed by atoms with Crippen LogP contribution in [0.25, 0.3) is 6.08 Å². The summed E-state index contributed by atoms with van der Waals surface area (Å²) in [6, 6.07) is 5.83. The summed E-state index contributed by atoms with van der Waals surface area (Å²) in [7, 11) is 0. The van der Waals surface area contributed by atoms with Gasteiger partial charge < -0.3 is 10.1 Å². The van der Waals surface area contributed by atoms with Crippen molar-refractivity contribution >= 4 is 29.3 Å². The number of nitro benzene ring substituents is 1. The monoisotopic (exact) mass is 337 g/mol. The zero-order chi connectivity index (χ0) is 17.2. The lowest BCUT2D eigenvalue weighted by Gasteiger charge is -2.04. The first-order chi connectivity index (χ1) is 11.0. The van der Waals surface area contributed by atoms with Crippen molar-refractivity contribution in [3.63, 3.8) is 0 Å². The molecule has 0 aliphatic carbocycles. The highest BCUT2D eigenvalue weighted by atomic mass is 35.5. The second-order valence-electron chi connectivity index (χ2n) is 4.44. The SMILES string of the molecule is CCOCCCNC(=O)/C(C#N)=C/c1ccc(Cl)c([N+](=O)[O-])c1. The Morgan fingerprint density at radius 2 is 2.30 bits per heavy atom. The van der Waals surface area contributed by atoms with Gasteiger partial charge in [-0.3, -0.25) is 14.9 Å². The van der Waals surface area contributed by atoms with Crippen LogP contribution in [0.15, 0.2) is 23.8 Å². The van der Waals surface area contributed by atoms with E-state index in [9.17, 15) is 14.9 Å². The predicted octanol–water partition coefficient (Wildman–Crippen LogP) is 2.70. The van der Waals surface area contributed by atoms with Crippen molar-refractivity contribution in [1.82, 2.24) is 5.32 Å². The number of nitro groups is 1. The standard InChI is InChI=1S/C15H16ClN3O4/c1-2-23-7-3-6-18-15(20)12(10-17)8-11-4-5-13(16)14(9-11)19(21)22/h4-5,8-9H,2-3,6-7H2,1H3,(H,18,20)/b12-8+. The third kappa shape index (κ3) is 6.06. The van der Waals surface area contributed by atoms with Crippen LogP contribution in [0.2, 0.25) is 5.02 Å². The molecule has 0 atom stereocenters. The number of carbonyl (C=O) groups excluding carboxylic acids is 1. The van der Waals surface area contributed by atoms with E-state index in [0.29, 0.717) is 31.7 Å². The van der Waals surface area contributed by atoms with Gasteiger partial charge in [-0.2, -0.15) is 5.26 Å². The van der Waals surface area contributed by atoms with Gasteiger partial charge in [-0.25, -0.2) is 0 Å². The van der Waals surface area contributed by atoms with Crippen LogP contribution in [0.4, 0.5) is 5.69 Å². The van der Waals surface area contributed by atoms with Crippen molar-refractivity contribution in [2.75, 3.05) is 19.8 Å². The van der Waals surface area contributed by atoms with Crippen molar-refractivity contribution in [1.29, 1.82) is 5.26 Å². The molecule has 23 heavy (non-hydrogen) atoms. The second kappa shape index (κ2) is 9.56. The second-order valence-corrected chi connectivity index (χ2v) is 4.85. The molecular formula is C15H16ClN3O4. The Morgan fingerprint density at radius 3 is 2.91 bits per heavy atom. The summed E-state index contributed by atoms with van der Waals surface area (Å²) < 4.78 is 5.14. The summed E-state index contributed by atoms with van der Waals surface area (Å²) >= 11 is 5.72. The average molecular weight is 338 g/mol. The van der Waals surface area contributed by atoms with Gasteiger partial charge in [0, 0.05) is 25.8 Å². The van der Waals surface area contributed by atoms with Crippen LogP contribution in [0, 0.1) is 21.4 Å². The van der Waals surface area contributed by atoms with Gasteiger partial charge in [0.05, 0.1) is 4.92 Å².